The predicted molar refractivity (Wildman–Crippen MR) is 156 cm³/mol. The molecule has 54 heavy (non-hydrogen) atoms. The number of aliphatic hydroxyl groups is 20. The molecule has 0 unspecified atom stereocenters. The van der Waals surface area contributed by atoms with Gasteiger partial charge in [0.05, 0.1) is 50.3 Å². The molecule has 0 spiro atoms. The molecule has 28 nitrogen and oxygen atoms in total. The summed E-state index contributed by atoms with van der Waals surface area (Å²) in [7, 11) is 0. The molecule has 0 aromatic heterocycles. The molecule has 16 atom stereocenters. The van der Waals surface area contributed by atoms with E-state index in [2.05, 4.69) is 0 Å². The van der Waals surface area contributed by atoms with Gasteiger partial charge in [-0.05, 0) is 0 Å². The van der Waals surface area contributed by atoms with Crippen molar-refractivity contribution >= 4 is 84.7 Å². The maximum atomic E-state index is 9.98. The standard InChI is InChI=1S/4C6H12O7.Ca.Mg/c4*7-1-2(8)3(9)4(10)5(11)6(12)13;;/h4*2-5,7-11H,1H2,(H,12,13);;/q;;;;2*+2/p-4/t4*2-,3-,4+,5-;;/m1111../s1. The van der Waals surface area contributed by atoms with Gasteiger partial charge in [-0.2, -0.15) is 0 Å². The van der Waals surface area contributed by atoms with E-state index in [1.807, 2.05) is 0 Å². The van der Waals surface area contributed by atoms with Gasteiger partial charge in [-0.15, -0.1) is 0 Å². The number of rotatable bonds is 20. The van der Waals surface area contributed by atoms with Crippen LogP contribution in [0, 0.1) is 0 Å². The first-order valence-electron chi connectivity index (χ1n) is 13.8. The smallest absolute Gasteiger partial charge is 0.547 e. The number of aliphatic hydroxyl groups excluding tert-OH is 20. The monoisotopic (exact) mass is 844 g/mol. The molecule has 0 bridgehead atoms. The summed E-state index contributed by atoms with van der Waals surface area (Å²) in [5.41, 5.74) is 0. The summed E-state index contributed by atoms with van der Waals surface area (Å²) in [6, 6.07) is 0. The van der Waals surface area contributed by atoms with Gasteiger partial charge < -0.3 is 142 Å². The van der Waals surface area contributed by atoms with Crippen LogP contribution in [0.25, 0.3) is 0 Å². The third kappa shape index (κ3) is 25.4. The number of carbonyl (C=O) groups is 4. The van der Waals surface area contributed by atoms with Gasteiger partial charge in [0.15, 0.2) is 0 Å². The van der Waals surface area contributed by atoms with Crippen molar-refractivity contribution < 1.29 is 142 Å². The Hall–Kier alpha value is -0.894. The Kier molecular flexibility index (Phi) is 41.1. The average Bonchev–Trinajstić information content (AvgIpc) is 3.12. The summed E-state index contributed by atoms with van der Waals surface area (Å²) in [4.78, 5) is 39.9. The zero-order valence-corrected chi connectivity index (χ0v) is 31.3. The Balaban J connectivity index is -0.000000140. The fourth-order valence-electron chi connectivity index (χ4n) is 2.65. The molecule has 0 aromatic rings. The van der Waals surface area contributed by atoms with Gasteiger partial charge in [0.25, 0.3) is 0 Å². The summed E-state index contributed by atoms with van der Waals surface area (Å²) in [5.74, 6) is -7.90. The van der Waals surface area contributed by atoms with Gasteiger partial charge in [0.2, 0.25) is 0 Å². The molecule has 0 aliphatic carbocycles. The summed E-state index contributed by atoms with van der Waals surface area (Å²) in [6.45, 7) is -3.45. The Labute approximate surface area is 348 Å². The van der Waals surface area contributed by atoms with E-state index in [-0.39, 0.29) is 60.8 Å². The van der Waals surface area contributed by atoms with Crippen LogP contribution in [0.15, 0.2) is 0 Å². The Bertz CT molecular complexity index is 848. The van der Waals surface area contributed by atoms with Gasteiger partial charge in [-0.25, -0.2) is 0 Å². The molecule has 20 N–H and O–H groups in total. The molecule has 30 heteroatoms. The zero-order chi connectivity index (χ0) is 42.4. The first kappa shape index (κ1) is 65.0. The molecular formula is C24H44CaMgO28. The molecule has 0 radical (unpaired) electrons. The number of aliphatic carboxylic acids is 4. The molecular weight excluding hydrogens is 801 g/mol. The van der Waals surface area contributed by atoms with Crippen LogP contribution in [-0.2, 0) is 19.2 Å². The largest absolute Gasteiger partial charge is 2.00 e. The summed E-state index contributed by atoms with van der Waals surface area (Å²) in [6.07, 6.45) is -32.3. The van der Waals surface area contributed by atoms with Crippen LogP contribution in [-0.4, -0.2) is 311 Å². The van der Waals surface area contributed by atoms with E-state index < -0.39 is 148 Å². The number of carbonyl (C=O) groups excluding carboxylic acids is 4. The van der Waals surface area contributed by atoms with Crippen molar-refractivity contribution in [3.63, 3.8) is 0 Å². The number of carboxylic acids is 4. The quantitative estimate of drug-likeness (QED) is 0.0506. The van der Waals surface area contributed by atoms with Crippen molar-refractivity contribution in [2.24, 2.45) is 0 Å². The molecule has 0 fully saturated rings. The van der Waals surface area contributed by atoms with E-state index in [9.17, 15) is 39.6 Å². The summed E-state index contributed by atoms with van der Waals surface area (Å²) < 4.78 is 0. The van der Waals surface area contributed by atoms with E-state index in [4.69, 9.17) is 102 Å². The molecule has 0 aromatic carbocycles. The minimum Gasteiger partial charge on any atom is -0.547 e. The molecule has 0 saturated carbocycles. The van der Waals surface area contributed by atoms with Gasteiger partial charge in [-0.3, -0.25) is 0 Å². The normalized spacial score (nSPS) is 19.6. The first-order valence-corrected chi connectivity index (χ1v) is 13.8. The van der Waals surface area contributed by atoms with E-state index in [1.54, 1.807) is 0 Å². The molecule has 0 rings (SSSR count). The van der Waals surface area contributed by atoms with Gasteiger partial charge in [0.1, 0.15) is 97.7 Å². The third-order valence-corrected chi connectivity index (χ3v) is 5.98. The van der Waals surface area contributed by atoms with Crippen molar-refractivity contribution in [2.75, 3.05) is 26.4 Å². The van der Waals surface area contributed by atoms with Gasteiger partial charge >= 0.3 is 60.8 Å². The zero-order valence-electron chi connectivity index (χ0n) is 27.7. The van der Waals surface area contributed by atoms with Crippen molar-refractivity contribution in [2.45, 2.75) is 97.7 Å². The number of carboxylic acid groups (broad SMARTS) is 4. The van der Waals surface area contributed by atoms with E-state index >= 15 is 0 Å². The van der Waals surface area contributed by atoms with Gasteiger partial charge in [-0.1, -0.05) is 0 Å². The molecule has 0 aliphatic rings. The van der Waals surface area contributed by atoms with Crippen molar-refractivity contribution in [1.29, 1.82) is 0 Å². The third-order valence-electron chi connectivity index (χ3n) is 5.98. The molecule has 0 aliphatic heterocycles. The second kappa shape index (κ2) is 34.2. The number of hydrogen-bond donors (Lipinski definition) is 20. The van der Waals surface area contributed by atoms with Crippen molar-refractivity contribution in [3.05, 3.63) is 0 Å². The first-order chi connectivity index (χ1) is 23.7. The maximum Gasteiger partial charge on any atom is 2.00 e. The number of hydrogen-bond acceptors (Lipinski definition) is 28. The van der Waals surface area contributed by atoms with Crippen molar-refractivity contribution in [3.8, 4) is 0 Å². The fraction of sp³-hybridized carbons (Fsp3) is 0.833. The van der Waals surface area contributed by atoms with Crippen molar-refractivity contribution in [1.82, 2.24) is 0 Å². The molecule has 312 valence electrons. The SMILES string of the molecule is O=C([O-])[C@H](O)[C@@H](O)[C@H](O)[C@H](O)CO.O=C([O-])[C@H](O)[C@@H](O)[C@H](O)[C@H](O)CO.O=C([O-])[C@H](O)[C@@H](O)[C@H](O)[C@H](O)CO.O=C([O-])[C@H](O)[C@@H](O)[C@H](O)[C@H](O)CO.[Ca+2].[Mg+2]. The van der Waals surface area contributed by atoms with Gasteiger partial charge in [0, 0.05) is 0 Å². The molecule has 0 amide bonds. The molecule has 0 heterocycles. The van der Waals surface area contributed by atoms with E-state index in [0.29, 0.717) is 0 Å². The summed E-state index contributed by atoms with van der Waals surface area (Å²) in [5, 5.41) is 214. The Morgan fingerprint density at radius 2 is 0.426 bits per heavy atom. The Morgan fingerprint density at radius 3 is 0.500 bits per heavy atom. The fourth-order valence-corrected chi connectivity index (χ4v) is 2.65. The van der Waals surface area contributed by atoms with Crippen LogP contribution < -0.4 is 20.4 Å². The minimum absolute atomic E-state index is 0. The minimum atomic E-state index is -2.31. The average molecular weight is 845 g/mol. The van der Waals surface area contributed by atoms with Crippen LogP contribution in [0.5, 0.6) is 0 Å². The maximum absolute atomic E-state index is 9.98. The van der Waals surface area contributed by atoms with Crippen LogP contribution in [0.2, 0.25) is 0 Å². The second-order valence-corrected chi connectivity index (χ2v) is 9.98. The van der Waals surface area contributed by atoms with Crippen LogP contribution in [0.1, 0.15) is 0 Å². The topological polar surface area (TPSA) is 565 Å². The Morgan fingerprint density at radius 1 is 0.315 bits per heavy atom. The van der Waals surface area contributed by atoms with Crippen LogP contribution in [0.4, 0.5) is 0 Å². The second-order valence-electron chi connectivity index (χ2n) is 9.98. The van der Waals surface area contributed by atoms with Crippen LogP contribution >= 0.6 is 0 Å². The predicted octanol–water partition coefficient (Wildman–Crippen LogP) is -20.1. The van der Waals surface area contributed by atoms with E-state index in [0.717, 1.165) is 0 Å². The van der Waals surface area contributed by atoms with Crippen LogP contribution in [0.3, 0.4) is 0 Å². The molecule has 0 saturated heterocycles. The summed E-state index contributed by atoms with van der Waals surface area (Å²) >= 11 is 0. The van der Waals surface area contributed by atoms with E-state index in [1.165, 1.54) is 0 Å².